The van der Waals surface area contributed by atoms with Crippen LogP contribution in [0.2, 0.25) is 0 Å². The van der Waals surface area contributed by atoms with E-state index < -0.39 is 6.04 Å². The number of amides is 2. The van der Waals surface area contributed by atoms with E-state index >= 15 is 0 Å². The molecular weight excluding hydrogens is 344 g/mol. The zero-order chi connectivity index (χ0) is 15.1. The Morgan fingerprint density at radius 3 is 2.75 bits per heavy atom. The van der Waals surface area contributed by atoms with E-state index in [4.69, 9.17) is 4.74 Å². The summed E-state index contributed by atoms with van der Waals surface area (Å²) in [5.74, 6) is -0.592. The summed E-state index contributed by atoms with van der Waals surface area (Å²) in [5.41, 5.74) is 0.424. The van der Waals surface area contributed by atoms with Crippen LogP contribution < -0.4 is 10.6 Å². The van der Waals surface area contributed by atoms with Crippen molar-refractivity contribution in [3.8, 4) is 0 Å². The molecule has 2 amide bonds. The molecule has 7 heteroatoms. The number of ether oxygens (including phenoxy) is 1. The summed E-state index contributed by atoms with van der Waals surface area (Å²) in [7, 11) is 1.55. The van der Waals surface area contributed by atoms with Gasteiger partial charge < -0.3 is 15.4 Å². The van der Waals surface area contributed by atoms with Crippen molar-refractivity contribution >= 4 is 40.4 Å². The van der Waals surface area contributed by atoms with Crippen LogP contribution in [0.4, 0.5) is 0 Å². The Bertz CT molecular complexity index is 497. The zero-order valence-corrected chi connectivity index (χ0v) is 13.8. The lowest BCUT2D eigenvalue weighted by atomic mass is 10.2. The van der Waals surface area contributed by atoms with Crippen LogP contribution >= 0.6 is 28.6 Å². The molecule has 0 bridgehead atoms. The molecule has 1 rings (SSSR count). The summed E-state index contributed by atoms with van der Waals surface area (Å²) >= 11 is 7.54. The van der Waals surface area contributed by atoms with Crippen molar-refractivity contribution in [1.82, 2.24) is 10.6 Å². The molecular formula is C13H17BrN2O3S. The molecule has 0 spiro atoms. The van der Waals surface area contributed by atoms with Crippen molar-refractivity contribution in [3.05, 3.63) is 28.2 Å². The van der Waals surface area contributed by atoms with Gasteiger partial charge in [0.05, 0.1) is 12.2 Å². The largest absolute Gasteiger partial charge is 0.383 e. The van der Waals surface area contributed by atoms with Crippen molar-refractivity contribution in [2.45, 2.75) is 17.9 Å². The number of methoxy groups -OCH3 is 1. The second kappa shape index (κ2) is 8.28. The lowest BCUT2D eigenvalue weighted by molar-refractivity contribution is -0.122. The third kappa shape index (κ3) is 5.15. The number of benzene rings is 1. The van der Waals surface area contributed by atoms with E-state index in [0.717, 1.165) is 4.47 Å². The van der Waals surface area contributed by atoms with Crippen LogP contribution in [0.1, 0.15) is 17.3 Å². The minimum Gasteiger partial charge on any atom is -0.383 e. The minimum absolute atomic E-state index is 0.256. The normalized spacial score (nSPS) is 11.8. The lowest BCUT2D eigenvalue weighted by Gasteiger charge is -2.14. The van der Waals surface area contributed by atoms with E-state index in [1.807, 2.05) is 0 Å². The van der Waals surface area contributed by atoms with E-state index in [2.05, 4.69) is 39.2 Å². The quantitative estimate of drug-likeness (QED) is 0.533. The maximum atomic E-state index is 12.0. The zero-order valence-electron chi connectivity index (χ0n) is 11.3. The summed E-state index contributed by atoms with van der Waals surface area (Å²) in [4.78, 5) is 24.3. The highest BCUT2D eigenvalue weighted by Gasteiger charge is 2.17. The van der Waals surface area contributed by atoms with Gasteiger partial charge in [-0.15, -0.1) is 12.6 Å². The molecule has 110 valence electrons. The lowest BCUT2D eigenvalue weighted by Crippen LogP contribution is -2.45. The Hall–Kier alpha value is -1.05. The number of nitrogens with one attached hydrogen (secondary N) is 2. The predicted molar refractivity (Wildman–Crippen MR) is 83.2 cm³/mol. The molecule has 0 fully saturated rings. The Labute approximate surface area is 132 Å². The molecule has 0 saturated carbocycles. The molecule has 1 atom stereocenters. The highest BCUT2D eigenvalue weighted by Crippen LogP contribution is 2.19. The molecule has 0 aliphatic carbocycles. The van der Waals surface area contributed by atoms with E-state index in [1.165, 1.54) is 0 Å². The number of carbonyl (C=O) groups is 2. The Morgan fingerprint density at radius 1 is 1.45 bits per heavy atom. The molecule has 20 heavy (non-hydrogen) atoms. The average Bonchev–Trinajstić information content (AvgIpc) is 2.38. The standard InChI is InChI=1S/C13H17BrN2O3S/c1-8(12(17)15-5-6-19-2)16-13(18)10-4-3-9(14)7-11(10)20/h3-4,7-8,20H,5-6H2,1-2H3,(H,15,17)(H,16,18). The monoisotopic (exact) mass is 360 g/mol. The van der Waals surface area contributed by atoms with Crippen LogP contribution in [-0.2, 0) is 9.53 Å². The van der Waals surface area contributed by atoms with Gasteiger partial charge in [-0.2, -0.15) is 0 Å². The molecule has 0 aliphatic heterocycles. The number of rotatable bonds is 6. The van der Waals surface area contributed by atoms with Gasteiger partial charge in [-0.3, -0.25) is 9.59 Å². The molecule has 0 saturated heterocycles. The smallest absolute Gasteiger partial charge is 0.253 e. The van der Waals surface area contributed by atoms with Crippen LogP contribution in [0.25, 0.3) is 0 Å². The van der Waals surface area contributed by atoms with E-state index in [0.29, 0.717) is 23.6 Å². The first-order valence-electron chi connectivity index (χ1n) is 6.01. The summed E-state index contributed by atoms with van der Waals surface area (Å²) in [5, 5.41) is 5.29. The third-order valence-corrected chi connectivity index (χ3v) is 3.41. The molecule has 1 aromatic carbocycles. The van der Waals surface area contributed by atoms with Gasteiger partial charge in [0.1, 0.15) is 6.04 Å². The van der Waals surface area contributed by atoms with Gasteiger partial charge in [-0.25, -0.2) is 0 Å². The number of halogens is 1. The second-order valence-electron chi connectivity index (χ2n) is 4.14. The van der Waals surface area contributed by atoms with Crippen molar-refractivity contribution in [3.63, 3.8) is 0 Å². The van der Waals surface area contributed by atoms with Gasteiger partial charge in [0.2, 0.25) is 5.91 Å². The van der Waals surface area contributed by atoms with Crippen LogP contribution in [0.15, 0.2) is 27.6 Å². The molecule has 0 radical (unpaired) electrons. The summed E-state index contributed by atoms with van der Waals surface area (Å²) in [6.07, 6.45) is 0. The van der Waals surface area contributed by atoms with Crippen molar-refractivity contribution in [2.75, 3.05) is 20.3 Å². The van der Waals surface area contributed by atoms with Crippen molar-refractivity contribution < 1.29 is 14.3 Å². The minimum atomic E-state index is -0.629. The van der Waals surface area contributed by atoms with Gasteiger partial charge in [-0.1, -0.05) is 15.9 Å². The van der Waals surface area contributed by atoms with Crippen molar-refractivity contribution in [2.24, 2.45) is 0 Å². The van der Waals surface area contributed by atoms with Gasteiger partial charge in [-0.05, 0) is 25.1 Å². The fourth-order valence-electron chi connectivity index (χ4n) is 1.47. The highest BCUT2D eigenvalue weighted by molar-refractivity contribution is 9.10. The Balaban J connectivity index is 2.58. The van der Waals surface area contributed by atoms with Gasteiger partial charge in [0.15, 0.2) is 0 Å². The first kappa shape index (κ1) is 17.0. The molecule has 0 heterocycles. The Kier molecular flexibility index (Phi) is 7.04. The van der Waals surface area contributed by atoms with Crippen LogP contribution in [-0.4, -0.2) is 38.1 Å². The molecule has 5 nitrogen and oxygen atoms in total. The highest BCUT2D eigenvalue weighted by atomic mass is 79.9. The van der Waals surface area contributed by atoms with Crippen LogP contribution in [0, 0.1) is 0 Å². The van der Waals surface area contributed by atoms with Crippen LogP contribution in [0.5, 0.6) is 0 Å². The maximum absolute atomic E-state index is 12.0. The maximum Gasteiger partial charge on any atom is 0.253 e. The Morgan fingerprint density at radius 2 is 2.15 bits per heavy atom. The molecule has 1 aromatic rings. The molecule has 0 aliphatic rings. The van der Waals surface area contributed by atoms with Crippen LogP contribution in [0.3, 0.4) is 0 Å². The second-order valence-corrected chi connectivity index (χ2v) is 5.54. The first-order valence-corrected chi connectivity index (χ1v) is 7.25. The predicted octanol–water partition coefficient (Wildman–Crippen LogP) is 1.62. The van der Waals surface area contributed by atoms with E-state index in [1.54, 1.807) is 32.2 Å². The van der Waals surface area contributed by atoms with Gasteiger partial charge in [0, 0.05) is 23.0 Å². The fourth-order valence-corrected chi connectivity index (χ4v) is 2.32. The molecule has 1 unspecified atom stereocenters. The van der Waals surface area contributed by atoms with Gasteiger partial charge >= 0.3 is 0 Å². The first-order chi connectivity index (χ1) is 9.45. The SMILES string of the molecule is COCCNC(=O)C(C)NC(=O)c1ccc(Br)cc1S. The summed E-state index contributed by atoms with van der Waals surface area (Å²) in [6, 6.07) is 4.49. The summed E-state index contributed by atoms with van der Waals surface area (Å²) in [6.45, 7) is 2.46. The average molecular weight is 361 g/mol. The molecule has 2 N–H and O–H groups in total. The number of hydrogen-bond donors (Lipinski definition) is 3. The molecule has 0 aromatic heterocycles. The van der Waals surface area contributed by atoms with E-state index in [-0.39, 0.29) is 11.8 Å². The van der Waals surface area contributed by atoms with Crippen molar-refractivity contribution in [1.29, 1.82) is 0 Å². The number of carbonyl (C=O) groups excluding carboxylic acids is 2. The number of thiol groups is 1. The van der Waals surface area contributed by atoms with Gasteiger partial charge in [0.25, 0.3) is 5.91 Å². The third-order valence-electron chi connectivity index (χ3n) is 2.55. The topological polar surface area (TPSA) is 67.4 Å². The fraction of sp³-hybridized carbons (Fsp3) is 0.385. The van der Waals surface area contributed by atoms with E-state index in [9.17, 15) is 9.59 Å². The number of hydrogen-bond acceptors (Lipinski definition) is 4. The summed E-state index contributed by atoms with van der Waals surface area (Å²) < 4.78 is 5.67.